The van der Waals surface area contributed by atoms with Crippen molar-refractivity contribution in [2.75, 3.05) is 26.8 Å². The maximum Gasteiger partial charge on any atom is 0.471 e. The van der Waals surface area contributed by atoms with Gasteiger partial charge in [-0.3, -0.25) is 9.78 Å². The zero-order valence-corrected chi connectivity index (χ0v) is 11.5. The second-order valence-electron chi connectivity index (χ2n) is 4.43. The van der Waals surface area contributed by atoms with E-state index < -0.39 is 24.7 Å². The van der Waals surface area contributed by atoms with Crippen molar-refractivity contribution in [1.29, 1.82) is 0 Å². The molecule has 118 valence electrons. The van der Waals surface area contributed by atoms with Crippen molar-refractivity contribution in [3.63, 3.8) is 0 Å². The van der Waals surface area contributed by atoms with Crippen LogP contribution in [0.1, 0.15) is 5.69 Å². The van der Waals surface area contributed by atoms with Crippen LogP contribution in [0.4, 0.5) is 13.2 Å². The third kappa shape index (κ3) is 6.09. The van der Waals surface area contributed by atoms with Gasteiger partial charge in [-0.2, -0.15) is 13.2 Å². The lowest BCUT2D eigenvalue weighted by Crippen LogP contribution is -2.46. The number of halogens is 3. The van der Waals surface area contributed by atoms with Crippen LogP contribution in [0.3, 0.4) is 0 Å². The molecule has 0 aromatic carbocycles. The molecule has 5 nitrogen and oxygen atoms in total. The predicted octanol–water partition coefficient (Wildman–Crippen LogP) is 1.02. The molecule has 0 bridgehead atoms. The molecule has 1 unspecified atom stereocenters. The van der Waals surface area contributed by atoms with Gasteiger partial charge < -0.3 is 14.7 Å². The van der Waals surface area contributed by atoms with E-state index in [0.717, 1.165) is 0 Å². The Labute approximate surface area is 120 Å². The van der Waals surface area contributed by atoms with E-state index in [9.17, 15) is 23.1 Å². The minimum atomic E-state index is -4.98. The molecule has 0 saturated heterocycles. The van der Waals surface area contributed by atoms with Gasteiger partial charge in [0.05, 0.1) is 12.7 Å². The van der Waals surface area contributed by atoms with E-state index in [0.29, 0.717) is 10.6 Å². The molecule has 1 aromatic rings. The van der Waals surface area contributed by atoms with Gasteiger partial charge >= 0.3 is 12.1 Å². The van der Waals surface area contributed by atoms with Crippen LogP contribution in [0.25, 0.3) is 0 Å². The Morgan fingerprint density at radius 1 is 1.48 bits per heavy atom. The highest BCUT2D eigenvalue weighted by Gasteiger charge is 2.42. The Balaban J connectivity index is 2.69. The highest BCUT2D eigenvalue weighted by Crippen LogP contribution is 2.19. The average molecular weight is 306 g/mol. The number of aliphatic hydroxyl groups is 1. The van der Waals surface area contributed by atoms with Crippen molar-refractivity contribution in [3.8, 4) is 0 Å². The Bertz CT molecular complexity index is 440. The van der Waals surface area contributed by atoms with E-state index in [1.165, 1.54) is 13.3 Å². The van der Waals surface area contributed by atoms with E-state index in [-0.39, 0.29) is 19.6 Å². The van der Waals surface area contributed by atoms with Crippen molar-refractivity contribution in [2.24, 2.45) is 0 Å². The van der Waals surface area contributed by atoms with E-state index in [2.05, 4.69) is 9.72 Å². The summed E-state index contributed by atoms with van der Waals surface area (Å²) in [4.78, 5) is 15.9. The number of methoxy groups -OCH3 is 1. The van der Waals surface area contributed by atoms with Gasteiger partial charge in [0.25, 0.3) is 0 Å². The molecule has 1 aromatic heterocycles. The van der Waals surface area contributed by atoms with Gasteiger partial charge in [-0.1, -0.05) is 6.07 Å². The summed E-state index contributed by atoms with van der Waals surface area (Å²) >= 11 is 0. The number of pyridine rings is 1. The van der Waals surface area contributed by atoms with Crippen LogP contribution in [0.2, 0.25) is 0 Å². The number of carbonyl (C=O) groups is 1. The van der Waals surface area contributed by atoms with Crippen LogP contribution in [0.15, 0.2) is 24.4 Å². The normalized spacial score (nSPS) is 13.0. The SMILES string of the molecule is COCC(O)CN(CCc1ccccn1)C(=O)C(F)(F)F. The molecule has 0 saturated carbocycles. The van der Waals surface area contributed by atoms with Crippen molar-refractivity contribution in [1.82, 2.24) is 9.88 Å². The summed E-state index contributed by atoms with van der Waals surface area (Å²) < 4.78 is 42.3. The molecule has 21 heavy (non-hydrogen) atoms. The molecule has 1 N–H and O–H groups in total. The molecule has 0 spiro atoms. The smallest absolute Gasteiger partial charge is 0.389 e. The fourth-order valence-corrected chi connectivity index (χ4v) is 1.75. The van der Waals surface area contributed by atoms with Crippen LogP contribution in [-0.2, 0) is 16.0 Å². The molecule has 1 rings (SSSR count). The summed E-state index contributed by atoms with van der Waals surface area (Å²) in [6.45, 7) is -0.777. The van der Waals surface area contributed by atoms with Crippen molar-refractivity contribution in [3.05, 3.63) is 30.1 Å². The molecule has 0 aliphatic carbocycles. The summed E-state index contributed by atoms with van der Waals surface area (Å²) in [5.74, 6) is -1.98. The topological polar surface area (TPSA) is 62.7 Å². The highest BCUT2D eigenvalue weighted by molar-refractivity contribution is 5.81. The summed E-state index contributed by atoms with van der Waals surface area (Å²) in [5, 5.41) is 9.53. The van der Waals surface area contributed by atoms with Crippen molar-refractivity contribution < 1.29 is 27.8 Å². The third-order valence-electron chi connectivity index (χ3n) is 2.68. The maximum absolute atomic E-state index is 12.5. The molecule has 1 atom stereocenters. The molecule has 1 heterocycles. The number of aliphatic hydroxyl groups excluding tert-OH is 1. The largest absolute Gasteiger partial charge is 0.471 e. The van der Waals surface area contributed by atoms with Gasteiger partial charge in [0, 0.05) is 38.5 Å². The van der Waals surface area contributed by atoms with Crippen LogP contribution in [-0.4, -0.2) is 60.0 Å². The number of amides is 1. The van der Waals surface area contributed by atoms with E-state index >= 15 is 0 Å². The van der Waals surface area contributed by atoms with E-state index in [4.69, 9.17) is 0 Å². The number of aromatic nitrogens is 1. The van der Waals surface area contributed by atoms with Gasteiger partial charge in [0.1, 0.15) is 0 Å². The van der Waals surface area contributed by atoms with E-state index in [1.54, 1.807) is 18.2 Å². The molecule has 8 heteroatoms. The second kappa shape index (κ2) is 7.94. The number of hydrogen-bond acceptors (Lipinski definition) is 4. The quantitative estimate of drug-likeness (QED) is 0.817. The van der Waals surface area contributed by atoms with Gasteiger partial charge in [0.15, 0.2) is 0 Å². The zero-order valence-electron chi connectivity index (χ0n) is 11.5. The van der Waals surface area contributed by atoms with Gasteiger partial charge in [-0.25, -0.2) is 0 Å². The number of carbonyl (C=O) groups excluding carboxylic acids is 1. The van der Waals surface area contributed by atoms with Crippen LogP contribution in [0, 0.1) is 0 Å². The number of rotatable bonds is 7. The monoisotopic (exact) mass is 306 g/mol. The standard InChI is InChI=1S/C13H17F3N2O3/c1-21-9-11(19)8-18(12(20)13(14,15)16)7-5-10-4-2-3-6-17-10/h2-4,6,11,19H,5,7-9H2,1H3. The van der Waals surface area contributed by atoms with Gasteiger partial charge in [0.2, 0.25) is 0 Å². The molecule has 0 fully saturated rings. The maximum atomic E-state index is 12.5. The van der Waals surface area contributed by atoms with Crippen LogP contribution < -0.4 is 0 Å². The first-order valence-electron chi connectivity index (χ1n) is 6.27. The van der Waals surface area contributed by atoms with Crippen molar-refractivity contribution >= 4 is 5.91 Å². The summed E-state index contributed by atoms with van der Waals surface area (Å²) in [5.41, 5.74) is 0.568. The first-order valence-corrected chi connectivity index (χ1v) is 6.27. The number of ether oxygens (including phenoxy) is 1. The Hall–Kier alpha value is -1.67. The fourth-order valence-electron chi connectivity index (χ4n) is 1.75. The second-order valence-corrected chi connectivity index (χ2v) is 4.43. The lowest BCUT2D eigenvalue weighted by atomic mass is 10.2. The molecule has 0 aliphatic heterocycles. The summed E-state index contributed by atoms with van der Waals surface area (Å²) in [7, 11) is 1.31. The van der Waals surface area contributed by atoms with Gasteiger partial charge in [-0.15, -0.1) is 0 Å². The fraction of sp³-hybridized carbons (Fsp3) is 0.538. The first-order chi connectivity index (χ1) is 9.84. The Morgan fingerprint density at radius 3 is 2.71 bits per heavy atom. The Kier molecular flexibility index (Phi) is 6.57. The van der Waals surface area contributed by atoms with Crippen LogP contribution >= 0.6 is 0 Å². The minimum absolute atomic E-state index is 0.148. The zero-order chi connectivity index (χ0) is 15.9. The molecule has 0 radical (unpaired) electrons. The Morgan fingerprint density at radius 2 is 2.19 bits per heavy atom. The number of hydrogen-bond donors (Lipinski definition) is 1. The number of nitrogens with zero attached hydrogens (tertiary/aromatic N) is 2. The predicted molar refractivity (Wildman–Crippen MR) is 68.5 cm³/mol. The molecule has 0 aliphatic rings. The highest BCUT2D eigenvalue weighted by atomic mass is 19.4. The number of alkyl halides is 3. The lowest BCUT2D eigenvalue weighted by Gasteiger charge is -2.25. The average Bonchev–Trinajstić information content (AvgIpc) is 2.43. The molecular formula is C13H17F3N2O3. The van der Waals surface area contributed by atoms with E-state index in [1.807, 2.05) is 0 Å². The summed E-state index contributed by atoms with van der Waals surface area (Å²) in [6.07, 6.45) is -4.46. The van der Waals surface area contributed by atoms with Crippen LogP contribution in [0.5, 0.6) is 0 Å². The third-order valence-corrected chi connectivity index (χ3v) is 2.68. The molecule has 1 amide bonds. The minimum Gasteiger partial charge on any atom is -0.389 e. The summed E-state index contributed by atoms with van der Waals surface area (Å²) in [6, 6.07) is 5.05. The molecular weight excluding hydrogens is 289 g/mol. The lowest BCUT2D eigenvalue weighted by molar-refractivity contribution is -0.186. The van der Waals surface area contributed by atoms with Crippen molar-refractivity contribution in [2.45, 2.75) is 18.7 Å². The first kappa shape index (κ1) is 17.4. The van der Waals surface area contributed by atoms with Gasteiger partial charge in [-0.05, 0) is 12.1 Å².